The molecular weight excluding hydrogens is 330 g/mol. The van der Waals surface area contributed by atoms with Crippen molar-refractivity contribution in [1.82, 2.24) is 0 Å². The summed E-state index contributed by atoms with van der Waals surface area (Å²) < 4.78 is -0.524. The summed E-state index contributed by atoms with van der Waals surface area (Å²) in [5.74, 6) is 0. The quantitative estimate of drug-likeness (QED) is 0.545. The van der Waals surface area contributed by atoms with Gasteiger partial charge >= 0.3 is 0 Å². The molecule has 0 fully saturated rings. The molecule has 4 heteroatoms. The zero-order chi connectivity index (χ0) is 6.62. The first-order valence-electron chi connectivity index (χ1n) is 1.78. The summed E-state index contributed by atoms with van der Waals surface area (Å²) in [4.78, 5) is 0. The van der Waals surface area contributed by atoms with Crippen molar-refractivity contribution in [1.29, 1.82) is 10.5 Å². The Morgan fingerprint density at radius 2 is 1.88 bits per heavy atom. The maximum Gasteiger partial charge on any atom is 0.172 e. The third kappa shape index (κ3) is 3.44. The van der Waals surface area contributed by atoms with Crippen LogP contribution in [-0.4, -0.2) is 1.43 Å². The standard InChI is InChI=1S/C4H2I2N2/c5-4(6,3-8)1-2-7/h1H2. The Morgan fingerprint density at radius 1 is 1.38 bits per heavy atom. The van der Waals surface area contributed by atoms with Gasteiger partial charge in [0.1, 0.15) is 0 Å². The molecule has 0 saturated carbocycles. The van der Waals surface area contributed by atoms with Crippen molar-refractivity contribution in [2.24, 2.45) is 0 Å². The van der Waals surface area contributed by atoms with Gasteiger partial charge in [-0.3, -0.25) is 0 Å². The second-order valence-corrected chi connectivity index (χ2v) is 6.90. The van der Waals surface area contributed by atoms with Gasteiger partial charge < -0.3 is 0 Å². The molecule has 0 bridgehead atoms. The van der Waals surface area contributed by atoms with E-state index in [2.05, 4.69) is 0 Å². The molecule has 0 amide bonds. The van der Waals surface area contributed by atoms with Gasteiger partial charge in [-0.05, 0) is 45.2 Å². The van der Waals surface area contributed by atoms with Gasteiger partial charge in [0.2, 0.25) is 0 Å². The van der Waals surface area contributed by atoms with E-state index in [0.717, 1.165) is 0 Å². The molecule has 0 aromatic carbocycles. The minimum Gasteiger partial charge on any atom is -0.198 e. The minimum atomic E-state index is -0.524. The average molecular weight is 332 g/mol. The van der Waals surface area contributed by atoms with E-state index >= 15 is 0 Å². The first-order chi connectivity index (χ1) is 3.62. The molecular formula is C4H2I2N2. The van der Waals surface area contributed by atoms with Crippen molar-refractivity contribution in [2.75, 3.05) is 0 Å². The number of nitriles is 2. The lowest BCUT2D eigenvalue weighted by atomic mass is 10.4. The Labute approximate surface area is 75.1 Å². The van der Waals surface area contributed by atoms with Crippen LogP contribution >= 0.6 is 45.2 Å². The highest BCUT2D eigenvalue weighted by Gasteiger charge is 2.19. The van der Waals surface area contributed by atoms with Crippen LogP contribution in [0.15, 0.2) is 0 Å². The molecule has 42 valence electrons. The third-order valence-corrected chi connectivity index (χ3v) is 1.71. The molecule has 0 aromatic rings. The van der Waals surface area contributed by atoms with Crippen LogP contribution in [0.3, 0.4) is 0 Å². The summed E-state index contributed by atoms with van der Waals surface area (Å²) in [6, 6.07) is 3.91. The predicted molar refractivity (Wildman–Crippen MR) is 46.6 cm³/mol. The summed E-state index contributed by atoms with van der Waals surface area (Å²) in [6.07, 6.45) is 0.282. The molecule has 0 aromatic heterocycles. The van der Waals surface area contributed by atoms with Crippen LogP contribution < -0.4 is 0 Å². The molecule has 0 N–H and O–H groups in total. The third-order valence-electron chi connectivity index (χ3n) is 0.465. The topological polar surface area (TPSA) is 47.6 Å². The summed E-state index contributed by atoms with van der Waals surface area (Å²) in [7, 11) is 0. The molecule has 0 aliphatic carbocycles. The fourth-order valence-electron chi connectivity index (χ4n) is 0.139. The number of alkyl halides is 2. The number of hydrogen-bond acceptors (Lipinski definition) is 2. The fourth-order valence-corrected chi connectivity index (χ4v) is 0.480. The highest BCUT2D eigenvalue weighted by Crippen LogP contribution is 2.29. The van der Waals surface area contributed by atoms with E-state index in [1.54, 1.807) is 0 Å². The largest absolute Gasteiger partial charge is 0.198 e. The summed E-state index contributed by atoms with van der Waals surface area (Å²) in [5, 5.41) is 16.4. The van der Waals surface area contributed by atoms with E-state index in [1.165, 1.54) is 0 Å². The number of hydrogen-bond donors (Lipinski definition) is 0. The Hall–Kier alpha value is 0.440. The van der Waals surface area contributed by atoms with Crippen LogP contribution in [0.25, 0.3) is 0 Å². The van der Waals surface area contributed by atoms with Gasteiger partial charge in [-0.1, -0.05) is 0 Å². The molecule has 0 heterocycles. The second-order valence-electron chi connectivity index (χ2n) is 1.15. The SMILES string of the molecule is N#CCC(I)(I)C#N. The normalized spacial score (nSPS) is 9.50. The molecule has 0 spiro atoms. The Balaban J connectivity index is 3.82. The molecule has 8 heavy (non-hydrogen) atoms. The molecule has 0 unspecified atom stereocenters. The average Bonchev–Trinajstić information content (AvgIpc) is 1.67. The first kappa shape index (κ1) is 8.44. The maximum atomic E-state index is 8.31. The van der Waals surface area contributed by atoms with Crippen molar-refractivity contribution in [3.05, 3.63) is 0 Å². The monoisotopic (exact) mass is 332 g/mol. The lowest BCUT2D eigenvalue weighted by molar-refractivity contribution is 1.10. The highest BCUT2D eigenvalue weighted by atomic mass is 127. The summed E-state index contributed by atoms with van der Waals surface area (Å²) in [5.41, 5.74) is 0. The van der Waals surface area contributed by atoms with E-state index in [4.69, 9.17) is 10.5 Å². The van der Waals surface area contributed by atoms with E-state index < -0.39 is 1.43 Å². The molecule has 0 rings (SSSR count). The van der Waals surface area contributed by atoms with Crippen molar-refractivity contribution < 1.29 is 0 Å². The van der Waals surface area contributed by atoms with Gasteiger partial charge in [-0.15, -0.1) is 0 Å². The van der Waals surface area contributed by atoms with Gasteiger partial charge in [-0.25, -0.2) is 0 Å². The Kier molecular flexibility index (Phi) is 3.65. The van der Waals surface area contributed by atoms with Gasteiger partial charge in [-0.2, -0.15) is 10.5 Å². The van der Waals surface area contributed by atoms with Crippen molar-refractivity contribution in [2.45, 2.75) is 7.85 Å². The zero-order valence-corrected chi connectivity index (χ0v) is 8.17. The van der Waals surface area contributed by atoms with Gasteiger partial charge in [0.15, 0.2) is 1.43 Å². The number of rotatable bonds is 1. The van der Waals surface area contributed by atoms with E-state index in [-0.39, 0.29) is 6.42 Å². The zero-order valence-electron chi connectivity index (χ0n) is 3.86. The summed E-state index contributed by atoms with van der Waals surface area (Å²) >= 11 is 3.89. The lowest BCUT2D eigenvalue weighted by Crippen LogP contribution is -2.03. The Bertz CT molecular complexity index is 150. The van der Waals surface area contributed by atoms with Crippen molar-refractivity contribution in [3.8, 4) is 12.1 Å². The van der Waals surface area contributed by atoms with Crippen molar-refractivity contribution in [3.63, 3.8) is 0 Å². The number of nitrogens with zero attached hydrogens (tertiary/aromatic N) is 2. The molecule has 0 aliphatic heterocycles. The lowest BCUT2D eigenvalue weighted by Gasteiger charge is -2.01. The molecule has 0 atom stereocenters. The molecule has 0 saturated heterocycles. The van der Waals surface area contributed by atoms with Crippen LogP contribution in [0, 0.1) is 22.7 Å². The fraction of sp³-hybridized carbons (Fsp3) is 0.500. The van der Waals surface area contributed by atoms with Gasteiger partial charge in [0.25, 0.3) is 0 Å². The van der Waals surface area contributed by atoms with Crippen LogP contribution in [0.4, 0.5) is 0 Å². The van der Waals surface area contributed by atoms with E-state index in [0.29, 0.717) is 0 Å². The van der Waals surface area contributed by atoms with Gasteiger partial charge in [0, 0.05) is 0 Å². The second kappa shape index (κ2) is 3.46. The van der Waals surface area contributed by atoms with Crippen molar-refractivity contribution >= 4 is 45.2 Å². The highest BCUT2D eigenvalue weighted by molar-refractivity contribution is 14.2. The predicted octanol–water partition coefficient (Wildman–Crippen LogP) is 1.99. The van der Waals surface area contributed by atoms with E-state index in [9.17, 15) is 0 Å². The first-order valence-corrected chi connectivity index (χ1v) is 3.94. The summed E-state index contributed by atoms with van der Waals surface area (Å²) in [6.45, 7) is 0. The van der Waals surface area contributed by atoms with Crippen LogP contribution in [0.1, 0.15) is 6.42 Å². The van der Waals surface area contributed by atoms with E-state index in [1.807, 2.05) is 57.3 Å². The van der Waals surface area contributed by atoms with Gasteiger partial charge in [0.05, 0.1) is 18.6 Å². The molecule has 0 aliphatic rings. The maximum absolute atomic E-state index is 8.31. The van der Waals surface area contributed by atoms with Crippen LogP contribution in [0.5, 0.6) is 0 Å². The van der Waals surface area contributed by atoms with Crippen LogP contribution in [0.2, 0.25) is 0 Å². The molecule has 2 nitrogen and oxygen atoms in total. The smallest absolute Gasteiger partial charge is 0.172 e. The molecule has 0 radical (unpaired) electrons. The number of halogens is 2. The minimum absolute atomic E-state index is 0.282. The Morgan fingerprint density at radius 3 is 2.00 bits per heavy atom. The van der Waals surface area contributed by atoms with Crippen LogP contribution in [-0.2, 0) is 0 Å².